The summed E-state index contributed by atoms with van der Waals surface area (Å²) in [5, 5.41) is 15.9. The van der Waals surface area contributed by atoms with Crippen LogP contribution in [-0.4, -0.2) is 51.4 Å². The molecule has 0 spiro atoms. The van der Waals surface area contributed by atoms with Crippen LogP contribution in [0.1, 0.15) is 19.4 Å². The average molecular weight is 543 g/mol. The number of nitrogens with zero attached hydrogens (tertiary/aromatic N) is 5. The first-order valence-electron chi connectivity index (χ1n) is 12.7. The number of carbonyl (C=O) groups is 1. The lowest BCUT2D eigenvalue weighted by atomic mass is 10.1. The summed E-state index contributed by atoms with van der Waals surface area (Å²) in [6, 6.07) is 20.2. The SMILES string of the molecule is CCn1c(SCC(=O)N/N=C/c2ccc3c(c2)c2ccccc2n3CC)nnc1-c1ccc(OC)c(OC)c1. The third-order valence-electron chi connectivity index (χ3n) is 6.52. The summed E-state index contributed by atoms with van der Waals surface area (Å²) >= 11 is 1.31. The number of para-hydroxylation sites is 1. The van der Waals surface area contributed by atoms with Gasteiger partial charge in [0.2, 0.25) is 0 Å². The fourth-order valence-electron chi connectivity index (χ4n) is 4.70. The Bertz CT molecular complexity index is 1670. The normalized spacial score (nSPS) is 11.5. The molecular weight excluding hydrogens is 512 g/mol. The molecule has 0 aliphatic heterocycles. The third kappa shape index (κ3) is 5.20. The first-order valence-corrected chi connectivity index (χ1v) is 13.7. The summed E-state index contributed by atoms with van der Waals surface area (Å²) < 4.78 is 15.0. The monoisotopic (exact) mass is 542 g/mol. The van der Waals surface area contributed by atoms with Crippen molar-refractivity contribution in [2.24, 2.45) is 5.10 Å². The van der Waals surface area contributed by atoms with Gasteiger partial charge in [-0.1, -0.05) is 36.0 Å². The fraction of sp³-hybridized carbons (Fsp3) is 0.241. The second-order valence-corrected chi connectivity index (χ2v) is 9.68. The smallest absolute Gasteiger partial charge is 0.250 e. The standard InChI is InChI=1S/C29H30N6O3S/c1-5-34-23-10-8-7-9-21(23)22-15-19(11-13-24(22)34)17-30-31-27(36)18-39-29-33-32-28(35(29)6-2)20-12-14-25(37-3)26(16-20)38-4/h7-17H,5-6,18H2,1-4H3,(H,31,36)/b30-17+. The van der Waals surface area contributed by atoms with E-state index >= 15 is 0 Å². The van der Waals surface area contributed by atoms with Crippen LogP contribution in [0.2, 0.25) is 0 Å². The van der Waals surface area contributed by atoms with Gasteiger partial charge in [-0.15, -0.1) is 10.2 Å². The van der Waals surface area contributed by atoms with E-state index < -0.39 is 0 Å². The van der Waals surface area contributed by atoms with E-state index in [-0.39, 0.29) is 11.7 Å². The molecule has 0 atom stereocenters. The van der Waals surface area contributed by atoms with Crippen molar-refractivity contribution in [1.29, 1.82) is 0 Å². The molecule has 5 rings (SSSR count). The molecule has 1 amide bonds. The second kappa shape index (κ2) is 11.6. The van der Waals surface area contributed by atoms with E-state index in [9.17, 15) is 4.79 Å². The first-order chi connectivity index (χ1) is 19.1. The summed E-state index contributed by atoms with van der Waals surface area (Å²) in [6.45, 7) is 5.70. The molecule has 0 bridgehead atoms. The number of aryl methyl sites for hydroxylation is 1. The minimum Gasteiger partial charge on any atom is -0.493 e. The number of aromatic nitrogens is 4. The lowest BCUT2D eigenvalue weighted by Crippen LogP contribution is -2.20. The Kier molecular flexibility index (Phi) is 7.83. The maximum absolute atomic E-state index is 12.5. The van der Waals surface area contributed by atoms with E-state index in [0.717, 1.165) is 17.7 Å². The summed E-state index contributed by atoms with van der Waals surface area (Å²) in [6.07, 6.45) is 1.67. The minimum atomic E-state index is -0.224. The molecule has 0 radical (unpaired) electrons. The van der Waals surface area contributed by atoms with Gasteiger partial charge in [-0.3, -0.25) is 4.79 Å². The zero-order valence-corrected chi connectivity index (χ0v) is 23.2. The number of benzene rings is 3. The molecule has 9 nitrogen and oxygen atoms in total. The Morgan fingerprint density at radius 1 is 0.923 bits per heavy atom. The van der Waals surface area contributed by atoms with Gasteiger partial charge >= 0.3 is 0 Å². The Labute approximate surface area is 230 Å². The molecule has 5 aromatic rings. The number of carbonyl (C=O) groups excluding carboxylic acids is 1. The molecular formula is C29H30N6O3S. The lowest BCUT2D eigenvalue weighted by Gasteiger charge is -2.10. The van der Waals surface area contributed by atoms with Gasteiger partial charge in [0, 0.05) is 40.5 Å². The van der Waals surface area contributed by atoms with Crippen LogP contribution in [0, 0.1) is 0 Å². The van der Waals surface area contributed by atoms with Gasteiger partial charge < -0.3 is 18.6 Å². The Morgan fingerprint density at radius 2 is 1.69 bits per heavy atom. The number of methoxy groups -OCH3 is 2. The van der Waals surface area contributed by atoms with Crippen LogP contribution in [0.4, 0.5) is 0 Å². The number of thioether (sulfide) groups is 1. The lowest BCUT2D eigenvalue weighted by molar-refractivity contribution is -0.118. The maximum atomic E-state index is 12.5. The van der Waals surface area contributed by atoms with Crippen molar-refractivity contribution in [3.05, 3.63) is 66.2 Å². The van der Waals surface area contributed by atoms with Crippen LogP contribution in [0.15, 0.2) is 70.9 Å². The molecule has 3 aromatic carbocycles. The van der Waals surface area contributed by atoms with Gasteiger partial charge in [0.15, 0.2) is 22.5 Å². The Morgan fingerprint density at radius 3 is 2.46 bits per heavy atom. The van der Waals surface area contributed by atoms with Crippen LogP contribution < -0.4 is 14.9 Å². The number of amides is 1. The first kappa shape index (κ1) is 26.3. The summed E-state index contributed by atoms with van der Waals surface area (Å²) in [5.74, 6) is 1.88. The zero-order chi connectivity index (χ0) is 27.4. The molecule has 1 N–H and O–H groups in total. The molecule has 10 heteroatoms. The largest absolute Gasteiger partial charge is 0.493 e. The van der Waals surface area contributed by atoms with Crippen molar-refractivity contribution < 1.29 is 14.3 Å². The fourth-order valence-corrected chi connectivity index (χ4v) is 5.50. The van der Waals surface area contributed by atoms with Crippen LogP contribution >= 0.6 is 11.8 Å². The van der Waals surface area contributed by atoms with Gasteiger partial charge in [-0.05, 0) is 55.8 Å². The van der Waals surface area contributed by atoms with Crippen molar-refractivity contribution >= 4 is 45.7 Å². The molecule has 2 heterocycles. The van der Waals surface area contributed by atoms with E-state index in [2.05, 4.69) is 68.6 Å². The third-order valence-corrected chi connectivity index (χ3v) is 7.49. The summed E-state index contributed by atoms with van der Waals surface area (Å²) in [5.41, 5.74) is 6.78. The van der Waals surface area contributed by atoms with Crippen molar-refractivity contribution in [2.45, 2.75) is 32.1 Å². The molecule has 0 saturated heterocycles. The molecule has 0 aliphatic rings. The number of hydrogen-bond acceptors (Lipinski definition) is 7. The predicted molar refractivity (Wildman–Crippen MR) is 156 cm³/mol. The van der Waals surface area contributed by atoms with Gasteiger partial charge in [0.1, 0.15) is 0 Å². The maximum Gasteiger partial charge on any atom is 0.250 e. The molecule has 0 saturated carbocycles. The van der Waals surface area contributed by atoms with Crippen molar-refractivity contribution in [2.75, 3.05) is 20.0 Å². The number of ether oxygens (including phenoxy) is 2. The number of rotatable bonds is 10. The van der Waals surface area contributed by atoms with E-state index in [4.69, 9.17) is 9.47 Å². The highest BCUT2D eigenvalue weighted by atomic mass is 32.2. The predicted octanol–water partition coefficient (Wildman–Crippen LogP) is 5.35. The van der Waals surface area contributed by atoms with Crippen LogP contribution in [-0.2, 0) is 17.9 Å². The van der Waals surface area contributed by atoms with Gasteiger partial charge in [0.25, 0.3) is 5.91 Å². The van der Waals surface area contributed by atoms with Crippen molar-refractivity contribution in [3.8, 4) is 22.9 Å². The van der Waals surface area contributed by atoms with Gasteiger partial charge in [-0.25, -0.2) is 5.43 Å². The topological polar surface area (TPSA) is 95.6 Å². The second-order valence-electron chi connectivity index (χ2n) is 8.74. The van der Waals surface area contributed by atoms with Crippen LogP contribution in [0.25, 0.3) is 33.2 Å². The molecule has 0 aliphatic carbocycles. The Hall–Kier alpha value is -4.31. The van der Waals surface area contributed by atoms with Gasteiger partial charge in [0.05, 0.1) is 26.2 Å². The molecule has 2 aromatic heterocycles. The minimum absolute atomic E-state index is 0.157. The highest BCUT2D eigenvalue weighted by molar-refractivity contribution is 7.99. The summed E-state index contributed by atoms with van der Waals surface area (Å²) in [4.78, 5) is 12.5. The molecule has 0 unspecified atom stereocenters. The number of hydrazone groups is 1. The quantitative estimate of drug-likeness (QED) is 0.145. The van der Waals surface area contributed by atoms with E-state index in [1.165, 1.54) is 33.6 Å². The highest BCUT2D eigenvalue weighted by Crippen LogP contribution is 2.33. The number of nitrogens with one attached hydrogen (secondary N) is 1. The zero-order valence-electron chi connectivity index (χ0n) is 22.3. The molecule has 200 valence electrons. The van der Waals surface area contributed by atoms with E-state index in [1.807, 2.05) is 35.8 Å². The number of fused-ring (bicyclic) bond motifs is 3. The summed E-state index contributed by atoms with van der Waals surface area (Å²) in [7, 11) is 3.19. The van der Waals surface area contributed by atoms with Crippen LogP contribution in [0.5, 0.6) is 11.5 Å². The average Bonchev–Trinajstić information content (AvgIpc) is 3.53. The Balaban J connectivity index is 1.25. The van der Waals surface area contributed by atoms with Crippen molar-refractivity contribution in [1.82, 2.24) is 24.8 Å². The van der Waals surface area contributed by atoms with Crippen molar-refractivity contribution in [3.63, 3.8) is 0 Å². The molecule has 0 fully saturated rings. The van der Waals surface area contributed by atoms with Crippen LogP contribution in [0.3, 0.4) is 0 Å². The number of hydrogen-bond donors (Lipinski definition) is 1. The van der Waals surface area contributed by atoms with E-state index in [0.29, 0.717) is 29.0 Å². The molecule has 39 heavy (non-hydrogen) atoms. The van der Waals surface area contributed by atoms with Gasteiger partial charge in [-0.2, -0.15) is 5.10 Å². The van der Waals surface area contributed by atoms with E-state index in [1.54, 1.807) is 20.4 Å². The highest BCUT2D eigenvalue weighted by Gasteiger charge is 2.16.